The first-order valence-corrected chi connectivity index (χ1v) is 9.28. The van der Waals surface area contributed by atoms with E-state index in [1.165, 1.54) is 0 Å². The zero-order valence-corrected chi connectivity index (χ0v) is 16.7. The average Bonchev–Trinajstić information content (AvgIpc) is 3.00. The molecule has 0 radical (unpaired) electrons. The molecule has 2 aromatic rings. The molecule has 2 rings (SSSR count). The van der Waals surface area contributed by atoms with Gasteiger partial charge in [0, 0.05) is 25.3 Å². The van der Waals surface area contributed by atoms with E-state index in [1.54, 1.807) is 0 Å². The molecule has 0 aliphatic heterocycles. The Labute approximate surface area is 167 Å². The highest BCUT2D eigenvalue weighted by Gasteiger charge is 2.15. The molecule has 0 unspecified atom stereocenters. The fraction of sp³-hybridized carbons (Fsp3) is 0.421. The van der Waals surface area contributed by atoms with Crippen molar-refractivity contribution in [2.75, 3.05) is 25.0 Å². The number of carbonyl (C=O) groups is 1. The number of nitrogens with zero attached hydrogens (tertiary/aromatic N) is 3. The van der Waals surface area contributed by atoms with E-state index in [0.717, 1.165) is 36.5 Å². The predicted octanol–water partition coefficient (Wildman–Crippen LogP) is 2.50. The lowest BCUT2D eigenvalue weighted by Crippen LogP contribution is -2.38. The molecule has 1 heterocycles. The molecule has 10 heteroatoms. The number of aliphatic imine (C=N–C) groups is 1. The smallest absolute Gasteiger partial charge is 0.246 e. The lowest BCUT2D eigenvalue weighted by molar-refractivity contribution is -0.114. The molecule has 1 amide bonds. The van der Waals surface area contributed by atoms with Crippen molar-refractivity contribution in [1.29, 1.82) is 0 Å². The van der Waals surface area contributed by atoms with Crippen molar-refractivity contribution in [1.82, 2.24) is 20.4 Å². The number of carbonyl (C=O) groups excluding carboxylic acids is 1. The zero-order valence-electron chi connectivity index (χ0n) is 16.7. The Morgan fingerprint density at radius 1 is 1.17 bits per heavy atom. The molecule has 158 valence electrons. The third-order valence-corrected chi connectivity index (χ3v) is 3.98. The highest BCUT2D eigenvalue weighted by atomic mass is 19.2. The second-order valence-corrected chi connectivity index (χ2v) is 6.40. The van der Waals surface area contributed by atoms with Crippen LogP contribution < -0.4 is 16.0 Å². The van der Waals surface area contributed by atoms with Gasteiger partial charge < -0.3 is 16.0 Å². The molecule has 0 spiro atoms. The van der Waals surface area contributed by atoms with Crippen molar-refractivity contribution in [3.63, 3.8) is 0 Å². The van der Waals surface area contributed by atoms with Crippen molar-refractivity contribution in [2.45, 2.75) is 33.7 Å². The van der Waals surface area contributed by atoms with Crippen LogP contribution in [0.15, 0.2) is 23.2 Å². The molecule has 0 bridgehead atoms. The fourth-order valence-corrected chi connectivity index (χ4v) is 2.64. The summed E-state index contributed by atoms with van der Waals surface area (Å²) in [5.74, 6) is -4.64. The summed E-state index contributed by atoms with van der Waals surface area (Å²) in [6.07, 6.45) is 0.790. The van der Waals surface area contributed by atoms with Crippen molar-refractivity contribution in [2.24, 2.45) is 4.99 Å². The Balaban J connectivity index is 1.85. The number of aromatic nitrogens is 2. The lowest BCUT2D eigenvalue weighted by atomic mass is 10.3. The molecule has 1 aromatic carbocycles. The van der Waals surface area contributed by atoms with Gasteiger partial charge in [0.2, 0.25) is 5.91 Å². The second-order valence-electron chi connectivity index (χ2n) is 6.40. The van der Waals surface area contributed by atoms with Gasteiger partial charge in [-0.1, -0.05) is 0 Å². The van der Waals surface area contributed by atoms with Crippen LogP contribution in [0.1, 0.15) is 24.7 Å². The topological polar surface area (TPSA) is 83.3 Å². The van der Waals surface area contributed by atoms with Crippen molar-refractivity contribution in [3.8, 4) is 0 Å². The first-order valence-electron chi connectivity index (χ1n) is 9.28. The number of guanidine groups is 1. The minimum absolute atomic E-state index is 0.314. The van der Waals surface area contributed by atoms with Gasteiger partial charge in [0.1, 0.15) is 6.54 Å². The fourth-order valence-electron chi connectivity index (χ4n) is 2.64. The molecule has 0 saturated heterocycles. The molecule has 7 nitrogen and oxygen atoms in total. The Kier molecular flexibility index (Phi) is 8.05. The van der Waals surface area contributed by atoms with E-state index in [4.69, 9.17) is 0 Å². The van der Waals surface area contributed by atoms with Gasteiger partial charge in [-0.15, -0.1) is 0 Å². The highest BCUT2D eigenvalue weighted by Crippen LogP contribution is 2.19. The number of rotatable bonds is 8. The van der Waals surface area contributed by atoms with Crippen molar-refractivity contribution < 1.29 is 18.0 Å². The molecular weight excluding hydrogens is 385 g/mol. The molecule has 0 fully saturated rings. The van der Waals surface area contributed by atoms with Crippen molar-refractivity contribution in [3.05, 3.63) is 47.0 Å². The summed E-state index contributed by atoms with van der Waals surface area (Å²) in [6, 6.07) is 3.71. The third-order valence-electron chi connectivity index (χ3n) is 3.98. The maximum absolute atomic E-state index is 13.6. The number of hydrogen-bond donors (Lipinski definition) is 3. The summed E-state index contributed by atoms with van der Waals surface area (Å²) < 4.78 is 41.7. The average molecular weight is 410 g/mol. The van der Waals surface area contributed by atoms with E-state index >= 15 is 0 Å². The summed E-state index contributed by atoms with van der Waals surface area (Å²) in [4.78, 5) is 16.1. The standard InChI is InChI=1S/C19H25F3N6O/c1-4-23-19(24-8-5-9-28-13(3)10-12(2)27-28)25-11-16(29)26-15-7-6-14(20)17(21)18(15)22/h6-7,10H,4-5,8-9,11H2,1-3H3,(H,26,29)(H2,23,24,25). The number of anilines is 1. The van der Waals surface area contributed by atoms with Gasteiger partial charge in [-0.3, -0.25) is 9.48 Å². The number of halogens is 3. The van der Waals surface area contributed by atoms with Gasteiger partial charge >= 0.3 is 0 Å². The van der Waals surface area contributed by atoms with E-state index in [9.17, 15) is 18.0 Å². The van der Waals surface area contributed by atoms with E-state index in [1.807, 2.05) is 31.5 Å². The van der Waals surface area contributed by atoms with E-state index < -0.39 is 29.0 Å². The molecule has 29 heavy (non-hydrogen) atoms. The zero-order chi connectivity index (χ0) is 21.4. The van der Waals surface area contributed by atoms with Crippen LogP contribution in [-0.2, 0) is 11.3 Å². The van der Waals surface area contributed by atoms with Crippen LogP contribution >= 0.6 is 0 Å². The molecule has 0 saturated carbocycles. The number of benzene rings is 1. The Hall–Kier alpha value is -3.04. The highest BCUT2D eigenvalue weighted by molar-refractivity contribution is 5.94. The molecule has 0 aliphatic carbocycles. The summed E-state index contributed by atoms with van der Waals surface area (Å²) in [7, 11) is 0. The Morgan fingerprint density at radius 3 is 2.59 bits per heavy atom. The first-order chi connectivity index (χ1) is 13.8. The Morgan fingerprint density at radius 2 is 1.93 bits per heavy atom. The summed E-state index contributed by atoms with van der Waals surface area (Å²) >= 11 is 0. The summed E-state index contributed by atoms with van der Waals surface area (Å²) in [6.45, 7) is 7.42. The van der Waals surface area contributed by atoms with Crippen LogP contribution in [0.5, 0.6) is 0 Å². The molecule has 1 aromatic heterocycles. The van der Waals surface area contributed by atoms with Gasteiger partial charge in [-0.25, -0.2) is 18.2 Å². The van der Waals surface area contributed by atoms with Gasteiger partial charge in [0.25, 0.3) is 0 Å². The number of hydrogen-bond acceptors (Lipinski definition) is 3. The summed E-state index contributed by atoms with van der Waals surface area (Å²) in [5.41, 5.74) is 1.62. The molecule has 0 atom stereocenters. The van der Waals surface area contributed by atoms with Gasteiger partial charge in [0.15, 0.2) is 23.4 Å². The number of nitrogens with one attached hydrogen (secondary N) is 3. The van der Waals surface area contributed by atoms with Crippen LogP contribution in [0.3, 0.4) is 0 Å². The molecule has 3 N–H and O–H groups in total. The van der Waals surface area contributed by atoms with Gasteiger partial charge in [-0.2, -0.15) is 5.10 Å². The maximum atomic E-state index is 13.6. The van der Waals surface area contributed by atoms with E-state index in [-0.39, 0.29) is 6.54 Å². The molecular formula is C19H25F3N6O. The van der Waals surface area contributed by atoms with E-state index in [0.29, 0.717) is 19.0 Å². The lowest BCUT2D eigenvalue weighted by Gasteiger charge is -2.12. The predicted molar refractivity (Wildman–Crippen MR) is 105 cm³/mol. The normalized spacial score (nSPS) is 11.4. The number of aryl methyl sites for hydroxylation is 3. The van der Waals surface area contributed by atoms with Crippen LogP contribution in [0.25, 0.3) is 0 Å². The van der Waals surface area contributed by atoms with Gasteiger partial charge in [-0.05, 0) is 45.4 Å². The minimum atomic E-state index is -1.64. The van der Waals surface area contributed by atoms with Crippen LogP contribution in [0.4, 0.5) is 18.9 Å². The maximum Gasteiger partial charge on any atom is 0.246 e. The molecule has 0 aliphatic rings. The largest absolute Gasteiger partial charge is 0.357 e. The van der Waals surface area contributed by atoms with Crippen LogP contribution in [-0.4, -0.2) is 41.3 Å². The second kappa shape index (κ2) is 10.5. The Bertz CT molecular complexity index is 881. The van der Waals surface area contributed by atoms with Crippen LogP contribution in [0.2, 0.25) is 0 Å². The SMILES string of the molecule is CCNC(=NCC(=O)Nc1ccc(F)c(F)c1F)NCCCn1nc(C)cc1C. The third kappa shape index (κ3) is 6.51. The summed E-state index contributed by atoms with van der Waals surface area (Å²) in [5, 5.41) is 12.7. The van der Waals surface area contributed by atoms with Crippen molar-refractivity contribution >= 4 is 17.6 Å². The number of amides is 1. The van der Waals surface area contributed by atoms with Crippen LogP contribution in [0, 0.1) is 31.3 Å². The quantitative estimate of drug-likeness (QED) is 0.270. The minimum Gasteiger partial charge on any atom is -0.357 e. The monoisotopic (exact) mass is 410 g/mol. The van der Waals surface area contributed by atoms with Gasteiger partial charge in [0.05, 0.1) is 11.4 Å². The van der Waals surface area contributed by atoms with E-state index in [2.05, 4.69) is 26.0 Å². The first kappa shape index (κ1) is 22.3.